The van der Waals surface area contributed by atoms with E-state index in [2.05, 4.69) is 15.2 Å². The second-order valence-electron chi connectivity index (χ2n) is 6.31. The van der Waals surface area contributed by atoms with Gasteiger partial charge in [-0.25, -0.2) is 0 Å². The molecule has 3 heterocycles. The lowest BCUT2D eigenvalue weighted by Gasteiger charge is -2.32. The zero-order valence-electron chi connectivity index (χ0n) is 13.7. The molecule has 1 atom stereocenters. The molecule has 6 heteroatoms. The number of H-pyrrole nitrogens is 1. The van der Waals surface area contributed by atoms with E-state index in [1.165, 1.54) is 25.1 Å². The van der Waals surface area contributed by atoms with Gasteiger partial charge in [-0.05, 0) is 49.9 Å². The van der Waals surface area contributed by atoms with Gasteiger partial charge in [0.15, 0.2) is 0 Å². The molecule has 0 aliphatic carbocycles. The zero-order chi connectivity index (χ0) is 16.8. The van der Waals surface area contributed by atoms with Crippen molar-refractivity contribution in [2.45, 2.75) is 25.8 Å². The summed E-state index contributed by atoms with van der Waals surface area (Å²) in [7, 11) is 0. The highest BCUT2D eigenvalue weighted by Gasteiger charge is 2.20. The molecule has 2 aromatic rings. The Morgan fingerprint density at radius 1 is 1.38 bits per heavy atom. The van der Waals surface area contributed by atoms with Crippen LogP contribution in [0.3, 0.4) is 0 Å². The Kier molecular flexibility index (Phi) is 5.48. The lowest BCUT2D eigenvalue weighted by atomic mass is 9.94. The fraction of sp³-hybridized carbons (Fsp3) is 0.444. The Labute approximate surface area is 140 Å². The number of nitrogens with zero attached hydrogens (tertiary/aromatic N) is 1. The number of carbonyl (C=O) groups is 1. The molecule has 2 aromatic heterocycles. The number of aromatic nitrogens is 1. The summed E-state index contributed by atoms with van der Waals surface area (Å²) in [5, 5.41) is 2.93. The van der Waals surface area contributed by atoms with Gasteiger partial charge < -0.3 is 14.7 Å². The average Bonchev–Trinajstić information content (AvgIpc) is 3.09. The molecule has 1 aliphatic heterocycles. The highest BCUT2D eigenvalue weighted by Crippen LogP contribution is 2.21. The van der Waals surface area contributed by atoms with Gasteiger partial charge in [0.1, 0.15) is 5.76 Å². The minimum Gasteiger partial charge on any atom is -0.468 e. The van der Waals surface area contributed by atoms with Crippen LogP contribution < -0.4 is 10.9 Å². The second kappa shape index (κ2) is 7.97. The third-order valence-electron chi connectivity index (χ3n) is 4.45. The summed E-state index contributed by atoms with van der Waals surface area (Å²) in [6.45, 7) is 3.64. The van der Waals surface area contributed by atoms with E-state index < -0.39 is 0 Å². The van der Waals surface area contributed by atoms with E-state index in [4.69, 9.17) is 4.42 Å². The molecule has 0 spiro atoms. The molecular weight excluding hydrogens is 306 g/mol. The van der Waals surface area contributed by atoms with Crippen LogP contribution in [0.1, 0.15) is 35.4 Å². The minimum absolute atomic E-state index is 0.144. The zero-order valence-corrected chi connectivity index (χ0v) is 13.7. The molecule has 1 amide bonds. The Morgan fingerprint density at radius 3 is 3.04 bits per heavy atom. The summed E-state index contributed by atoms with van der Waals surface area (Å²) in [6.07, 6.45) is 6.50. The molecule has 0 saturated carbocycles. The van der Waals surface area contributed by atoms with Crippen molar-refractivity contribution in [1.29, 1.82) is 0 Å². The summed E-state index contributed by atoms with van der Waals surface area (Å²) in [5.41, 5.74) is 0.281. The number of carbonyl (C=O) groups excluding carboxylic acids is 1. The summed E-state index contributed by atoms with van der Waals surface area (Å²) < 4.78 is 5.42. The van der Waals surface area contributed by atoms with Crippen molar-refractivity contribution in [2.75, 3.05) is 19.6 Å². The van der Waals surface area contributed by atoms with Gasteiger partial charge in [-0.2, -0.15) is 0 Å². The first-order valence-corrected chi connectivity index (χ1v) is 8.42. The first-order chi connectivity index (χ1) is 11.7. The number of likely N-dealkylation sites (tertiary alicyclic amines) is 1. The number of piperidine rings is 1. The molecule has 128 valence electrons. The Balaban J connectivity index is 1.42. The fourth-order valence-corrected chi connectivity index (χ4v) is 3.20. The molecule has 0 unspecified atom stereocenters. The molecule has 0 radical (unpaired) electrons. The Hall–Kier alpha value is -2.34. The number of pyridine rings is 1. The second-order valence-corrected chi connectivity index (χ2v) is 6.31. The van der Waals surface area contributed by atoms with Crippen LogP contribution in [-0.2, 0) is 6.54 Å². The number of nitrogens with one attached hydrogen (secondary N) is 2. The maximum Gasteiger partial charge on any atom is 0.252 e. The van der Waals surface area contributed by atoms with Crippen LogP contribution in [-0.4, -0.2) is 35.4 Å². The average molecular weight is 329 g/mol. The number of hydrogen-bond acceptors (Lipinski definition) is 4. The SMILES string of the molecule is O=C(NCC[C@H]1CCCN(Cc2ccco2)C1)c1ccc(=O)[nH]c1. The van der Waals surface area contributed by atoms with Crippen molar-refractivity contribution in [3.05, 3.63) is 58.4 Å². The first-order valence-electron chi connectivity index (χ1n) is 8.42. The number of amides is 1. The van der Waals surface area contributed by atoms with E-state index in [0.29, 0.717) is 18.0 Å². The van der Waals surface area contributed by atoms with Gasteiger partial charge in [-0.3, -0.25) is 14.5 Å². The van der Waals surface area contributed by atoms with Crippen molar-refractivity contribution in [1.82, 2.24) is 15.2 Å². The Bertz CT molecular complexity index is 688. The number of aromatic amines is 1. The van der Waals surface area contributed by atoms with Gasteiger partial charge in [0, 0.05) is 25.4 Å². The van der Waals surface area contributed by atoms with Crippen LogP contribution in [0.15, 0.2) is 45.9 Å². The van der Waals surface area contributed by atoms with Crippen molar-refractivity contribution >= 4 is 5.91 Å². The number of rotatable bonds is 6. The third-order valence-corrected chi connectivity index (χ3v) is 4.45. The predicted molar refractivity (Wildman–Crippen MR) is 90.7 cm³/mol. The maximum absolute atomic E-state index is 12.0. The summed E-state index contributed by atoms with van der Waals surface area (Å²) in [5.74, 6) is 1.45. The predicted octanol–water partition coefficient (Wildman–Crippen LogP) is 2.00. The molecular formula is C18H23N3O3. The highest BCUT2D eigenvalue weighted by atomic mass is 16.3. The van der Waals surface area contributed by atoms with E-state index in [-0.39, 0.29) is 11.5 Å². The fourth-order valence-electron chi connectivity index (χ4n) is 3.20. The van der Waals surface area contributed by atoms with Gasteiger partial charge in [0.2, 0.25) is 5.56 Å². The first kappa shape index (κ1) is 16.5. The minimum atomic E-state index is -0.203. The molecule has 1 saturated heterocycles. The van der Waals surface area contributed by atoms with E-state index in [1.807, 2.05) is 12.1 Å². The normalized spacial score (nSPS) is 18.4. The molecule has 3 rings (SSSR count). The monoisotopic (exact) mass is 329 g/mol. The summed E-state index contributed by atoms with van der Waals surface area (Å²) >= 11 is 0. The van der Waals surface area contributed by atoms with Crippen LogP contribution in [0.2, 0.25) is 0 Å². The van der Waals surface area contributed by atoms with E-state index >= 15 is 0 Å². The van der Waals surface area contributed by atoms with Crippen molar-refractivity contribution in [3.63, 3.8) is 0 Å². The summed E-state index contributed by atoms with van der Waals surface area (Å²) in [6, 6.07) is 6.83. The molecule has 6 nitrogen and oxygen atoms in total. The topological polar surface area (TPSA) is 78.3 Å². The Morgan fingerprint density at radius 2 is 2.29 bits per heavy atom. The molecule has 1 aliphatic rings. The van der Waals surface area contributed by atoms with Crippen LogP contribution >= 0.6 is 0 Å². The molecule has 1 fully saturated rings. The van der Waals surface area contributed by atoms with Gasteiger partial charge in [-0.15, -0.1) is 0 Å². The standard InChI is InChI=1S/C18H23N3O3/c22-17-6-5-15(11-20-17)18(23)19-8-7-14-3-1-9-21(12-14)13-16-4-2-10-24-16/h2,4-6,10-11,14H,1,3,7-9,12-13H2,(H,19,23)(H,20,22)/t14-/m1/s1. The van der Waals surface area contributed by atoms with E-state index in [1.54, 1.807) is 12.3 Å². The van der Waals surface area contributed by atoms with Gasteiger partial charge in [0.25, 0.3) is 5.91 Å². The van der Waals surface area contributed by atoms with Crippen molar-refractivity contribution < 1.29 is 9.21 Å². The van der Waals surface area contributed by atoms with Crippen LogP contribution in [0.4, 0.5) is 0 Å². The maximum atomic E-state index is 12.0. The quantitative estimate of drug-likeness (QED) is 0.850. The lowest BCUT2D eigenvalue weighted by Crippen LogP contribution is -2.36. The highest BCUT2D eigenvalue weighted by molar-refractivity contribution is 5.93. The largest absolute Gasteiger partial charge is 0.468 e. The van der Waals surface area contributed by atoms with E-state index in [0.717, 1.165) is 31.8 Å². The number of furan rings is 1. The van der Waals surface area contributed by atoms with Crippen LogP contribution in [0.25, 0.3) is 0 Å². The smallest absolute Gasteiger partial charge is 0.252 e. The lowest BCUT2D eigenvalue weighted by molar-refractivity contribution is 0.0945. The van der Waals surface area contributed by atoms with Gasteiger partial charge in [0.05, 0.1) is 18.4 Å². The van der Waals surface area contributed by atoms with Gasteiger partial charge in [-0.1, -0.05) is 0 Å². The van der Waals surface area contributed by atoms with Crippen molar-refractivity contribution in [3.8, 4) is 0 Å². The third kappa shape index (κ3) is 4.58. The van der Waals surface area contributed by atoms with Crippen LogP contribution in [0, 0.1) is 5.92 Å². The molecule has 2 N–H and O–H groups in total. The van der Waals surface area contributed by atoms with Gasteiger partial charge >= 0.3 is 0 Å². The molecule has 0 aromatic carbocycles. The summed E-state index contributed by atoms with van der Waals surface area (Å²) in [4.78, 5) is 28.0. The van der Waals surface area contributed by atoms with Crippen molar-refractivity contribution in [2.24, 2.45) is 5.92 Å². The van der Waals surface area contributed by atoms with E-state index in [9.17, 15) is 9.59 Å². The number of hydrogen-bond donors (Lipinski definition) is 2. The van der Waals surface area contributed by atoms with Crippen LogP contribution in [0.5, 0.6) is 0 Å². The molecule has 0 bridgehead atoms. The molecule has 24 heavy (non-hydrogen) atoms.